The third-order valence-corrected chi connectivity index (χ3v) is 3.37. The number of hydrogen-bond acceptors (Lipinski definition) is 4. The topological polar surface area (TPSA) is 54.5 Å². The molecule has 0 radical (unpaired) electrons. The molecule has 1 N–H and O–H groups in total. The van der Waals surface area contributed by atoms with Crippen molar-refractivity contribution in [3.63, 3.8) is 0 Å². The van der Waals surface area contributed by atoms with Crippen LogP contribution in [0.5, 0.6) is 0 Å². The lowest BCUT2D eigenvalue weighted by Crippen LogP contribution is -1.85. The summed E-state index contributed by atoms with van der Waals surface area (Å²) in [5, 5.41) is 7.21. The number of aromatic nitrogens is 4. The zero-order valence-corrected chi connectivity index (χ0v) is 9.80. The lowest BCUT2D eigenvalue weighted by atomic mass is 10.0. The maximum Gasteiger partial charge on any atom is 0.143 e. The van der Waals surface area contributed by atoms with E-state index in [1.165, 1.54) is 0 Å². The van der Waals surface area contributed by atoms with Gasteiger partial charge >= 0.3 is 0 Å². The Labute approximate surface area is 96.4 Å². The second-order valence-electron chi connectivity index (χ2n) is 3.67. The van der Waals surface area contributed by atoms with Crippen molar-refractivity contribution in [3.05, 3.63) is 29.2 Å². The lowest BCUT2D eigenvalue weighted by Gasteiger charge is -2.01. The normalized spacial score (nSPS) is 11.1. The monoisotopic (exact) mass is 230 g/mol. The number of aromatic amines is 1. The van der Waals surface area contributed by atoms with Gasteiger partial charge < -0.3 is 0 Å². The molecule has 0 aliphatic heterocycles. The number of H-pyrrole nitrogens is 1. The van der Waals surface area contributed by atoms with Crippen LogP contribution in [-0.2, 0) is 0 Å². The number of thiazole rings is 1. The molecule has 0 fully saturated rings. The molecule has 0 saturated heterocycles. The third-order valence-electron chi connectivity index (χ3n) is 2.63. The van der Waals surface area contributed by atoms with E-state index in [2.05, 4.69) is 20.2 Å². The first-order chi connectivity index (χ1) is 7.77. The maximum absolute atomic E-state index is 4.37. The molecule has 0 spiro atoms. The highest BCUT2D eigenvalue weighted by Gasteiger charge is 2.13. The Kier molecular flexibility index (Phi) is 2.00. The fraction of sp³-hybridized carbons (Fsp3) is 0.182. The summed E-state index contributed by atoms with van der Waals surface area (Å²) in [7, 11) is 0. The van der Waals surface area contributed by atoms with E-state index < -0.39 is 0 Å². The highest BCUT2D eigenvalue weighted by atomic mass is 32.1. The second-order valence-corrected chi connectivity index (χ2v) is 4.51. The number of fused-ring (bicyclic) bond motifs is 1. The van der Waals surface area contributed by atoms with Gasteiger partial charge in [-0.2, -0.15) is 5.10 Å². The van der Waals surface area contributed by atoms with Crippen LogP contribution in [0.25, 0.3) is 21.5 Å². The van der Waals surface area contributed by atoms with Gasteiger partial charge in [-0.1, -0.05) is 0 Å². The minimum absolute atomic E-state index is 0.958. The standard InChI is InChI=1S/C11H10N4S/c1-6-9(7(2)15-14-6)8-3-4-12-11-10(8)13-5-16-11/h3-5H,1-2H3,(H,14,15). The van der Waals surface area contributed by atoms with E-state index in [1.807, 2.05) is 31.6 Å². The zero-order chi connectivity index (χ0) is 11.1. The summed E-state index contributed by atoms with van der Waals surface area (Å²) in [5.74, 6) is 0. The van der Waals surface area contributed by atoms with E-state index in [9.17, 15) is 0 Å². The van der Waals surface area contributed by atoms with Crippen molar-refractivity contribution in [2.45, 2.75) is 13.8 Å². The first kappa shape index (κ1) is 9.47. The van der Waals surface area contributed by atoms with Gasteiger partial charge in [-0.15, -0.1) is 11.3 Å². The molecule has 0 amide bonds. The van der Waals surface area contributed by atoms with Crippen molar-refractivity contribution < 1.29 is 0 Å². The van der Waals surface area contributed by atoms with Crippen LogP contribution in [0.1, 0.15) is 11.4 Å². The van der Waals surface area contributed by atoms with Crippen molar-refractivity contribution in [2.24, 2.45) is 0 Å². The molecule has 0 bridgehead atoms. The lowest BCUT2D eigenvalue weighted by molar-refractivity contribution is 1.02. The van der Waals surface area contributed by atoms with E-state index in [1.54, 1.807) is 11.3 Å². The molecule has 0 atom stereocenters. The Hall–Kier alpha value is -1.75. The fourth-order valence-electron chi connectivity index (χ4n) is 1.92. The Morgan fingerprint density at radius 2 is 2.12 bits per heavy atom. The Bertz CT molecular complexity index is 633. The van der Waals surface area contributed by atoms with Gasteiger partial charge in [0.05, 0.1) is 11.2 Å². The minimum Gasteiger partial charge on any atom is -0.282 e. The quantitative estimate of drug-likeness (QED) is 0.699. The highest BCUT2D eigenvalue weighted by Crippen LogP contribution is 2.31. The van der Waals surface area contributed by atoms with Gasteiger partial charge in [0, 0.05) is 23.0 Å². The number of hydrogen-bond donors (Lipinski definition) is 1. The summed E-state index contributed by atoms with van der Waals surface area (Å²) in [6.07, 6.45) is 1.82. The summed E-state index contributed by atoms with van der Waals surface area (Å²) < 4.78 is 0. The molecule has 0 saturated carbocycles. The molecule has 5 heteroatoms. The molecule has 16 heavy (non-hydrogen) atoms. The fourth-order valence-corrected chi connectivity index (χ4v) is 2.58. The molecule has 3 rings (SSSR count). The second kappa shape index (κ2) is 3.38. The van der Waals surface area contributed by atoms with E-state index >= 15 is 0 Å². The van der Waals surface area contributed by atoms with E-state index in [4.69, 9.17) is 0 Å². The zero-order valence-electron chi connectivity index (χ0n) is 8.98. The van der Waals surface area contributed by atoms with Gasteiger partial charge in [0.15, 0.2) is 0 Å². The SMILES string of the molecule is Cc1n[nH]c(C)c1-c1ccnc2scnc12. The molecule has 80 valence electrons. The van der Waals surface area contributed by atoms with Crippen molar-refractivity contribution in [1.29, 1.82) is 0 Å². The molecule has 0 aromatic carbocycles. The number of aryl methyl sites for hydroxylation is 2. The molecule has 3 heterocycles. The largest absolute Gasteiger partial charge is 0.282 e. The summed E-state index contributed by atoms with van der Waals surface area (Å²) in [4.78, 5) is 9.64. The molecule has 4 nitrogen and oxygen atoms in total. The highest BCUT2D eigenvalue weighted by molar-refractivity contribution is 7.16. The van der Waals surface area contributed by atoms with Crippen molar-refractivity contribution in [3.8, 4) is 11.1 Å². The van der Waals surface area contributed by atoms with E-state index in [0.29, 0.717) is 0 Å². The average Bonchev–Trinajstić information content (AvgIpc) is 2.86. The Morgan fingerprint density at radius 1 is 1.25 bits per heavy atom. The maximum atomic E-state index is 4.37. The predicted molar refractivity (Wildman–Crippen MR) is 64.5 cm³/mol. The summed E-state index contributed by atoms with van der Waals surface area (Å²) in [6.45, 7) is 4.02. The van der Waals surface area contributed by atoms with Crippen LogP contribution in [0.4, 0.5) is 0 Å². The Morgan fingerprint density at radius 3 is 2.88 bits per heavy atom. The van der Waals surface area contributed by atoms with E-state index in [0.717, 1.165) is 32.9 Å². The van der Waals surface area contributed by atoms with Crippen molar-refractivity contribution in [1.82, 2.24) is 20.2 Å². The third kappa shape index (κ3) is 1.25. The summed E-state index contributed by atoms with van der Waals surface area (Å²) in [5.41, 5.74) is 7.09. The van der Waals surface area contributed by atoms with Gasteiger partial charge in [0.2, 0.25) is 0 Å². The summed E-state index contributed by atoms with van der Waals surface area (Å²) in [6, 6.07) is 1.99. The average molecular weight is 230 g/mol. The van der Waals surface area contributed by atoms with Crippen LogP contribution in [0, 0.1) is 13.8 Å². The first-order valence-electron chi connectivity index (χ1n) is 4.97. The Balaban J connectivity index is 2.38. The molecule has 3 aromatic heterocycles. The first-order valence-corrected chi connectivity index (χ1v) is 5.85. The number of pyridine rings is 1. The van der Waals surface area contributed by atoms with Crippen molar-refractivity contribution >= 4 is 21.7 Å². The molecular weight excluding hydrogens is 220 g/mol. The van der Waals surface area contributed by atoms with Crippen LogP contribution in [-0.4, -0.2) is 20.2 Å². The van der Waals surface area contributed by atoms with Gasteiger partial charge in [-0.05, 0) is 19.9 Å². The van der Waals surface area contributed by atoms with Gasteiger partial charge in [0.1, 0.15) is 10.3 Å². The number of nitrogens with zero attached hydrogens (tertiary/aromatic N) is 3. The van der Waals surface area contributed by atoms with Crippen LogP contribution in [0.3, 0.4) is 0 Å². The molecule has 0 aliphatic rings. The number of nitrogens with one attached hydrogen (secondary N) is 1. The van der Waals surface area contributed by atoms with Crippen LogP contribution in [0.2, 0.25) is 0 Å². The van der Waals surface area contributed by atoms with E-state index in [-0.39, 0.29) is 0 Å². The predicted octanol–water partition coefficient (Wildman–Crippen LogP) is 2.70. The van der Waals surface area contributed by atoms with Gasteiger partial charge in [0.25, 0.3) is 0 Å². The molecule has 0 unspecified atom stereocenters. The van der Waals surface area contributed by atoms with Gasteiger partial charge in [-0.25, -0.2) is 9.97 Å². The smallest absolute Gasteiger partial charge is 0.143 e. The van der Waals surface area contributed by atoms with Crippen LogP contribution < -0.4 is 0 Å². The number of rotatable bonds is 1. The molecule has 0 aliphatic carbocycles. The minimum atomic E-state index is 0.958. The van der Waals surface area contributed by atoms with Gasteiger partial charge in [-0.3, -0.25) is 5.10 Å². The van der Waals surface area contributed by atoms with Crippen LogP contribution >= 0.6 is 11.3 Å². The summed E-state index contributed by atoms with van der Waals surface area (Å²) >= 11 is 1.56. The molecule has 3 aromatic rings. The molecular formula is C11H10N4S. The van der Waals surface area contributed by atoms with Crippen molar-refractivity contribution in [2.75, 3.05) is 0 Å². The van der Waals surface area contributed by atoms with Crippen LogP contribution in [0.15, 0.2) is 17.8 Å².